The molecule has 2 amide bonds. The quantitative estimate of drug-likeness (QED) is 0.728. The van der Waals surface area contributed by atoms with Crippen molar-refractivity contribution in [3.63, 3.8) is 0 Å². The van der Waals surface area contributed by atoms with Crippen LogP contribution < -0.4 is 10.1 Å². The first-order valence-electron chi connectivity index (χ1n) is 8.51. The average Bonchev–Trinajstić information content (AvgIpc) is 2.86. The van der Waals surface area contributed by atoms with Gasteiger partial charge >= 0.3 is 5.97 Å². The van der Waals surface area contributed by atoms with E-state index in [2.05, 4.69) is 5.32 Å². The number of ether oxygens (including phenoxy) is 1. The summed E-state index contributed by atoms with van der Waals surface area (Å²) in [6.45, 7) is 5.43. The van der Waals surface area contributed by atoms with Gasteiger partial charge in [0.1, 0.15) is 23.2 Å². The van der Waals surface area contributed by atoms with E-state index < -0.39 is 28.9 Å². The van der Waals surface area contributed by atoms with Gasteiger partial charge in [0.2, 0.25) is 5.91 Å². The first kappa shape index (κ1) is 18.6. The highest BCUT2D eigenvalue weighted by atomic mass is 32.2. The van der Waals surface area contributed by atoms with Crippen molar-refractivity contribution in [2.24, 2.45) is 0 Å². The van der Waals surface area contributed by atoms with Crippen molar-refractivity contribution in [1.82, 2.24) is 10.2 Å². The fraction of sp³-hybridized carbons (Fsp3) is 0.500. The number of thioether (sulfide) groups is 1. The maximum absolute atomic E-state index is 12.6. The Bertz CT molecular complexity index is 724. The molecule has 8 heteroatoms. The molecule has 2 aliphatic rings. The van der Waals surface area contributed by atoms with E-state index in [1.165, 1.54) is 16.7 Å². The number of para-hydroxylation sites is 1. The summed E-state index contributed by atoms with van der Waals surface area (Å²) in [6, 6.07) is 7.41. The van der Waals surface area contributed by atoms with Crippen molar-refractivity contribution in [2.45, 2.75) is 55.5 Å². The van der Waals surface area contributed by atoms with Crippen LogP contribution in [0.1, 0.15) is 27.2 Å². The lowest BCUT2D eigenvalue weighted by molar-refractivity contribution is -0.161. The molecule has 2 fully saturated rings. The number of β-lactam (4-membered cyclic amide) rings is 1. The number of carboxylic acids is 1. The summed E-state index contributed by atoms with van der Waals surface area (Å²) >= 11 is 1.40. The summed E-state index contributed by atoms with van der Waals surface area (Å²) in [6.07, 6.45) is -0.263. The van der Waals surface area contributed by atoms with Gasteiger partial charge < -0.3 is 20.1 Å². The summed E-state index contributed by atoms with van der Waals surface area (Å²) in [5.74, 6) is -1.17. The Kier molecular flexibility index (Phi) is 4.88. The third-order valence-corrected chi connectivity index (χ3v) is 6.23. The molecule has 7 nitrogen and oxygen atoms in total. The molecule has 1 aromatic rings. The maximum atomic E-state index is 12.6. The second-order valence-corrected chi connectivity index (χ2v) is 8.68. The molecule has 140 valence electrons. The summed E-state index contributed by atoms with van der Waals surface area (Å²) in [7, 11) is 0. The molecule has 3 rings (SSSR count). The predicted octanol–water partition coefficient (Wildman–Crippen LogP) is 1.48. The Hall–Kier alpha value is -2.22. The number of fused-ring (bicyclic) bond motifs is 1. The van der Waals surface area contributed by atoms with Gasteiger partial charge in [0.05, 0.1) is 0 Å². The van der Waals surface area contributed by atoms with Crippen molar-refractivity contribution >= 4 is 29.5 Å². The smallest absolute Gasteiger partial charge is 0.327 e. The van der Waals surface area contributed by atoms with Crippen LogP contribution in [0.4, 0.5) is 0 Å². The summed E-state index contributed by atoms with van der Waals surface area (Å²) in [5, 5.41) is 11.8. The van der Waals surface area contributed by atoms with Gasteiger partial charge in [-0.05, 0) is 32.4 Å². The van der Waals surface area contributed by atoms with E-state index in [0.717, 1.165) is 0 Å². The van der Waals surface area contributed by atoms with E-state index in [4.69, 9.17) is 4.74 Å². The van der Waals surface area contributed by atoms with Gasteiger partial charge in [0.15, 0.2) is 6.10 Å². The number of hydrogen-bond donors (Lipinski definition) is 2. The largest absolute Gasteiger partial charge is 0.481 e. The number of hydrogen-bond acceptors (Lipinski definition) is 5. The minimum atomic E-state index is -1.03. The van der Waals surface area contributed by atoms with Crippen LogP contribution in [-0.2, 0) is 14.4 Å². The van der Waals surface area contributed by atoms with Gasteiger partial charge in [0, 0.05) is 4.75 Å². The number of carbonyl (C=O) groups excluding carboxylic acids is 2. The first-order valence-corrected chi connectivity index (χ1v) is 9.39. The molecular weight excluding hydrogens is 356 g/mol. The van der Waals surface area contributed by atoms with Gasteiger partial charge in [-0.15, -0.1) is 11.8 Å². The molecule has 0 aromatic heterocycles. The Morgan fingerprint density at radius 3 is 2.58 bits per heavy atom. The highest BCUT2D eigenvalue weighted by Gasteiger charge is 2.64. The Labute approximate surface area is 156 Å². The first-order chi connectivity index (χ1) is 12.3. The maximum Gasteiger partial charge on any atom is 0.327 e. The molecule has 1 aromatic carbocycles. The zero-order valence-corrected chi connectivity index (χ0v) is 15.7. The zero-order valence-electron chi connectivity index (χ0n) is 14.8. The molecule has 2 saturated heterocycles. The SMILES string of the molecule is CC[C@H](Oc1ccccc1)C(=O)N[C@@H]1C(=O)N2[C@@H](C(=O)O)C(C)(C)S[C@@H]12. The fourth-order valence-corrected chi connectivity index (χ4v) is 5.00. The van der Waals surface area contributed by atoms with Crippen LogP contribution in [0.2, 0.25) is 0 Å². The van der Waals surface area contributed by atoms with Crippen LogP contribution in [-0.4, -0.2) is 56.1 Å². The zero-order chi connectivity index (χ0) is 19.1. The highest BCUT2D eigenvalue weighted by Crippen LogP contribution is 2.50. The number of carboxylic acid groups (broad SMARTS) is 1. The third-order valence-electron chi connectivity index (χ3n) is 4.66. The molecule has 0 saturated carbocycles. The van der Waals surface area contributed by atoms with Crippen LogP contribution in [0.15, 0.2) is 30.3 Å². The second kappa shape index (κ2) is 6.83. The lowest BCUT2D eigenvalue weighted by atomic mass is 9.96. The standard InChI is InChI=1S/C18H22N2O5S/c1-4-11(25-10-8-6-5-7-9-10)14(21)19-12-15(22)20-13(17(23)24)18(2,3)26-16(12)20/h5-9,11-13,16H,4H2,1-3H3,(H,19,21)(H,23,24)/t11-,12+,13-,16-/m0/s1. The monoisotopic (exact) mass is 378 g/mol. The normalized spacial score (nSPS) is 27.3. The van der Waals surface area contributed by atoms with Crippen LogP contribution >= 0.6 is 11.8 Å². The molecular formula is C18H22N2O5S. The third kappa shape index (κ3) is 3.13. The van der Waals surface area contributed by atoms with Crippen LogP contribution in [0.5, 0.6) is 5.75 Å². The lowest BCUT2D eigenvalue weighted by Crippen LogP contribution is -2.71. The van der Waals surface area contributed by atoms with Crippen molar-refractivity contribution < 1.29 is 24.2 Å². The van der Waals surface area contributed by atoms with Crippen molar-refractivity contribution in [3.8, 4) is 5.75 Å². The Morgan fingerprint density at radius 2 is 2.00 bits per heavy atom. The minimum absolute atomic E-state index is 0.358. The number of nitrogens with zero attached hydrogens (tertiary/aromatic N) is 1. The lowest BCUT2D eigenvalue weighted by Gasteiger charge is -2.43. The Morgan fingerprint density at radius 1 is 1.35 bits per heavy atom. The van der Waals surface area contributed by atoms with E-state index in [9.17, 15) is 19.5 Å². The topological polar surface area (TPSA) is 95.9 Å². The number of nitrogens with one attached hydrogen (secondary N) is 1. The molecule has 0 spiro atoms. The van der Waals surface area contributed by atoms with Gasteiger partial charge in [0.25, 0.3) is 5.91 Å². The van der Waals surface area contributed by atoms with Crippen molar-refractivity contribution in [1.29, 1.82) is 0 Å². The molecule has 2 aliphatic heterocycles. The van der Waals surface area contributed by atoms with Gasteiger partial charge in [-0.25, -0.2) is 4.79 Å². The number of carbonyl (C=O) groups is 3. The van der Waals surface area contributed by atoms with Crippen molar-refractivity contribution in [3.05, 3.63) is 30.3 Å². The summed E-state index contributed by atoms with van der Waals surface area (Å²) < 4.78 is 5.09. The molecule has 0 radical (unpaired) electrons. The van der Waals surface area contributed by atoms with E-state index in [-0.39, 0.29) is 17.2 Å². The Balaban J connectivity index is 1.67. The van der Waals surface area contributed by atoms with Gasteiger partial charge in [-0.3, -0.25) is 9.59 Å². The summed E-state index contributed by atoms with van der Waals surface area (Å²) in [4.78, 5) is 37.9. The number of aliphatic carboxylic acids is 1. The fourth-order valence-electron chi connectivity index (χ4n) is 3.38. The average molecular weight is 378 g/mol. The van der Waals surface area contributed by atoms with Crippen LogP contribution in [0.3, 0.4) is 0 Å². The van der Waals surface area contributed by atoms with E-state index >= 15 is 0 Å². The molecule has 0 unspecified atom stereocenters. The minimum Gasteiger partial charge on any atom is -0.481 e. The highest BCUT2D eigenvalue weighted by molar-refractivity contribution is 8.01. The molecule has 0 bridgehead atoms. The van der Waals surface area contributed by atoms with Crippen molar-refractivity contribution in [2.75, 3.05) is 0 Å². The predicted molar refractivity (Wildman–Crippen MR) is 96.8 cm³/mol. The molecule has 0 aliphatic carbocycles. The molecule has 4 atom stereocenters. The van der Waals surface area contributed by atoms with Gasteiger partial charge in [-0.2, -0.15) is 0 Å². The summed E-state index contributed by atoms with van der Waals surface area (Å²) in [5.41, 5.74) is 0. The second-order valence-electron chi connectivity index (χ2n) is 6.91. The number of rotatable bonds is 6. The molecule has 2 heterocycles. The van der Waals surface area contributed by atoms with Crippen LogP contribution in [0.25, 0.3) is 0 Å². The van der Waals surface area contributed by atoms with E-state index in [0.29, 0.717) is 12.2 Å². The molecule has 2 N–H and O–H groups in total. The number of amides is 2. The van der Waals surface area contributed by atoms with Gasteiger partial charge in [-0.1, -0.05) is 25.1 Å². The number of benzene rings is 1. The van der Waals surface area contributed by atoms with E-state index in [1.807, 2.05) is 25.1 Å². The molecule has 26 heavy (non-hydrogen) atoms. The van der Waals surface area contributed by atoms with E-state index in [1.54, 1.807) is 26.0 Å². The van der Waals surface area contributed by atoms with Crippen LogP contribution in [0, 0.1) is 0 Å².